The summed E-state index contributed by atoms with van der Waals surface area (Å²) in [5.74, 6) is -0.103. The van der Waals surface area contributed by atoms with Crippen molar-refractivity contribution in [3.05, 3.63) is 56.2 Å². The maximum atomic E-state index is 5.94. The Labute approximate surface area is 124 Å². The highest BCUT2D eigenvalue weighted by atomic mass is 35.5. The molecule has 0 aliphatic heterocycles. The summed E-state index contributed by atoms with van der Waals surface area (Å²) < 4.78 is 0.668. The zero-order chi connectivity index (χ0) is 13.8. The SMILES string of the molecule is NC(N)=N/N=C(/c1ccc(Cl)cc1)c1ccc(Cl)s1. The smallest absolute Gasteiger partial charge is 0.211 e. The molecule has 0 fully saturated rings. The van der Waals surface area contributed by atoms with E-state index in [1.165, 1.54) is 11.3 Å². The van der Waals surface area contributed by atoms with Crippen molar-refractivity contribution in [2.75, 3.05) is 0 Å². The zero-order valence-electron chi connectivity index (χ0n) is 9.68. The molecule has 7 heteroatoms. The Morgan fingerprint density at radius 1 is 0.947 bits per heavy atom. The van der Waals surface area contributed by atoms with E-state index in [0.717, 1.165) is 10.4 Å². The summed E-state index contributed by atoms with van der Waals surface area (Å²) in [4.78, 5) is 0.873. The first kappa shape index (κ1) is 13.9. The number of benzene rings is 1. The van der Waals surface area contributed by atoms with Gasteiger partial charge in [-0.1, -0.05) is 35.3 Å². The maximum absolute atomic E-state index is 5.94. The molecule has 0 aliphatic rings. The van der Waals surface area contributed by atoms with Crippen molar-refractivity contribution in [1.29, 1.82) is 0 Å². The van der Waals surface area contributed by atoms with Gasteiger partial charge in [-0.05, 0) is 24.3 Å². The molecule has 1 heterocycles. The molecular formula is C12H10Cl2N4S. The Balaban J connectivity index is 2.48. The predicted octanol–water partition coefficient (Wildman–Crippen LogP) is 3.08. The number of rotatable bonds is 3. The van der Waals surface area contributed by atoms with Crippen LogP contribution in [0.2, 0.25) is 9.36 Å². The summed E-state index contributed by atoms with van der Waals surface area (Å²) in [6.07, 6.45) is 0. The van der Waals surface area contributed by atoms with Crippen LogP contribution < -0.4 is 11.5 Å². The van der Waals surface area contributed by atoms with E-state index >= 15 is 0 Å². The van der Waals surface area contributed by atoms with Crippen LogP contribution in [0.1, 0.15) is 10.4 Å². The normalized spacial score (nSPS) is 11.4. The Morgan fingerprint density at radius 2 is 1.63 bits per heavy atom. The average Bonchev–Trinajstić information content (AvgIpc) is 2.78. The second-order valence-corrected chi connectivity index (χ2v) is 5.74. The van der Waals surface area contributed by atoms with Gasteiger partial charge in [-0.2, -0.15) is 0 Å². The summed E-state index contributed by atoms with van der Waals surface area (Å²) in [6, 6.07) is 10.9. The topological polar surface area (TPSA) is 76.8 Å². The molecule has 98 valence electrons. The zero-order valence-corrected chi connectivity index (χ0v) is 12.0. The lowest BCUT2D eigenvalue weighted by atomic mass is 10.1. The van der Waals surface area contributed by atoms with E-state index in [0.29, 0.717) is 15.1 Å². The molecule has 19 heavy (non-hydrogen) atoms. The number of hydrogen-bond acceptors (Lipinski definition) is 3. The third-order valence-electron chi connectivity index (χ3n) is 2.19. The molecule has 1 aromatic heterocycles. The summed E-state index contributed by atoms with van der Waals surface area (Å²) in [7, 11) is 0. The van der Waals surface area contributed by atoms with Gasteiger partial charge in [-0.25, -0.2) is 0 Å². The van der Waals surface area contributed by atoms with E-state index in [4.69, 9.17) is 34.7 Å². The molecule has 0 unspecified atom stereocenters. The van der Waals surface area contributed by atoms with Crippen LogP contribution in [-0.2, 0) is 0 Å². The van der Waals surface area contributed by atoms with E-state index in [2.05, 4.69) is 10.2 Å². The van der Waals surface area contributed by atoms with Crippen LogP contribution in [0.4, 0.5) is 0 Å². The number of thiophene rings is 1. The third kappa shape index (κ3) is 3.70. The molecule has 0 aliphatic carbocycles. The van der Waals surface area contributed by atoms with Crippen LogP contribution in [0.15, 0.2) is 46.6 Å². The predicted molar refractivity (Wildman–Crippen MR) is 82.2 cm³/mol. The Morgan fingerprint density at radius 3 is 2.16 bits per heavy atom. The average molecular weight is 313 g/mol. The summed E-state index contributed by atoms with van der Waals surface area (Å²) in [5, 5.41) is 8.42. The summed E-state index contributed by atoms with van der Waals surface area (Å²) in [6.45, 7) is 0. The van der Waals surface area contributed by atoms with Gasteiger partial charge >= 0.3 is 0 Å². The highest BCUT2D eigenvalue weighted by Crippen LogP contribution is 2.25. The first-order valence-corrected chi connectivity index (χ1v) is 6.82. The first-order chi connectivity index (χ1) is 9.06. The minimum Gasteiger partial charge on any atom is -0.369 e. The lowest BCUT2D eigenvalue weighted by molar-refractivity contribution is 1.20. The van der Waals surface area contributed by atoms with Crippen LogP contribution >= 0.6 is 34.5 Å². The minimum absolute atomic E-state index is 0.103. The molecule has 4 nitrogen and oxygen atoms in total. The molecule has 0 saturated carbocycles. The van der Waals surface area contributed by atoms with Gasteiger partial charge in [0, 0.05) is 10.6 Å². The number of halogens is 2. The van der Waals surface area contributed by atoms with E-state index in [1.54, 1.807) is 18.2 Å². The van der Waals surface area contributed by atoms with Crippen LogP contribution in [0.3, 0.4) is 0 Å². The molecular weight excluding hydrogens is 303 g/mol. The van der Waals surface area contributed by atoms with Crippen molar-refractivity contribution in [2.45, 2.75) is 0 Å². The number of guanidine groups is 1. The summed E-state index contributed by atoms with van der Waals surface area (Å²) in [5.41, 5.74) is 12.1. The molecule has 0 bridgehead atoms. The quantitative estimate of drug-likeness (QED) is 0.519. The van der Waals surface area contributed by atoms with Crippen molar-refractivity contribution in [3.63, 3.8) is 0 Å². The van der Waals surface area contributed by atoms with Crippen LogP contribution in [0.5, 0.6) is 0 Å². The fourth-order valence-corrected chi connectivity index (χ4v) is 2.58. The van der Waals surface area contributed by atoms with E-state index in [1.807, 2.05) is 18.2 Å². The van der Waals surface area contributed by atoms with Crippen LogP contribution in [-0.4, -0.2) is 11.7 Å². The second-order valence-electron chi connectivity index (χ2n) is 3.58. The molecule has 0 spiro atoms. The fourth-order valence-electron chi connectivity index (χ4n) is 1.41. The Kier molecular flexibility index (Phi) is 4.42. The molecule has 2 aromatic rings. The number of nitrogens with zero attached hydrogens (tertiary/aromatic N) is 2. The van der Waals surface area contributed by atoms with Crippen molar-refractivity contribution < 1.29 is 0 Å². The molecule has 0 amide bonds. The van der Waals surface area contributed by atoms with Gasteiger partial charge in [-0.3, -0.25) is 0 Å². The van der Waals surface area contributed by atoms with Gasteiger partial charge in [-0.15, -0.1) is 21.5 Å². The highest BCUT2D eigenvalue weighted by Gasteiger charge is 2.10. The Bertz CT molecular complexity index is 627. The standard InChI is InChI=1S/C12H10Cl2N4S/c13-8-3-1-7(2-4-8)11(17-18-12(15)16)9-5-6-10(14)19-9/h1-6H,(H4,15,16,18)/b17-11-. The van der Waals surface area contributed by atoms with Crippen LogP contribution in [0, 0.1) is 0 Å². The lowest BCUT2D eigenvalue weighted by Gasteiger charge is -2.03. The molecule has 1 aromatic carbocycles. The fraction of sp³-hybridized carbons (Fsp3) is 0. The maximum Gasteiger partial charge on any atom is 0.211 e. The second kappa shape index (κ2) is 6.06. The Hall–Kier alpha value is -1.56. The van der Waals surface area contributed by atoms with Crippen molar-refractivity contribution in [3.8, 4) is 0 Å². The van der Waals surface area contributed by atoms with E-state index in [9.17, 15) is 0 Å². The molecule has 4 N–H and O–H groups in total. The highest BCUT2D eigenvalue weighted by molar-refractivity contribution is 7.18. The monoisotopic (exact) mass is 312 g/mol. The van der Waals surface area contributed by atoms with E-state index in [-0.39, 0.29) is 5.96 Å². The van der Waals surface area contributed by atoms with Crippen LogP contribution in [0.25, 0.3) is 0 Å². The van der Waals surface area contributed by atoms with E-state index < -0.39 is 0 Å². The van der Waals surface area contributed by atoms with Crippen molar-refractivity contribution >= 4 is 46.2 Å². The minimum atomic E-state index is -0.103. The number of nitrogens with two attached hydrogens (primary N) is 2. The lowest BCUT2D eigenvalue weighted by Crippen LogP contribution is -2.22. The molecule has 2 rings (SSSR count). The molecule has 0 atom stereocenters. The number of hydrogen-bond donors (Lipinski definition) is 2. The molecule has 0 saturated heterocycles. The van der Waals surface area contributed by atoms with Gasteiger partial charge in [0.05, 0.1) is 9.21 Å². The van der Waals surface area contributed by atoms with Gasteiger partial charge in [0.25, 0.3) is 0 Å². The van der Waals surface area contributed by atoms with Gasteiger partial charge in [0.2, 0.25) is 5.96 Å². The van der Waals surface area contributed by atoms with Gasteiger partial charge in [0.1, 0.15) is 5.71 Å². The summed E-state index contributed by atoms with van der Waals surface area (Å²) >= 11 is 13.2. The van der Waals surface area contributed by atoms with Crippen molar-refractivity contribution in [2.24, 2.45) is 21.7 Å². The largest absolute Gasteiger partial charge is 0.369 e. The van der Waals surface area contributed by atoms with Crippen molar-refractivity contribution in [1.82, 2.24) is 0 Å². The molecule has 0 radical (unpaired) electrons. The third-order valence-corrected chi connectivity index (χ3v) is 3.68. The van der Waals surface area contributed by atoms with Gasteiger partial charge < -0.3 is 11.5 Å². The van der Waals surface area contributed by atoms with Gasteiger partial charge in [0.15, 0.2) is 0 Å². The first-order valence-electron chi connectivity index (χ1n) is 5.24.